The first-order chi connectivity index (χ1) is 8.62. The van der Waals surface area contributed by atoms with Gasteiger partial charge in [-0.2, -0.15) is 0 Å². The number of aliphatic carboxylic acids is 1. The molecule has 0 radical (unpaired) electrons. The lowest BCUT2D eigenvalue weighted by molar-refractivity contribution is -0.312. The zero-order valence-electron chi connectivity index (χ0n) is 9.86. The molecule has 1 fully saturated rings. The molecule has 1 heterocycles. The zero-order valence-corrected chi connectivity index (χ0v) is 10.6. The van der Waals surface area contributed by atoms with Crippen molar-refractivity contribution in [3.8, 4) is 5.75 Å². The minimum atomic E-state index is -1.11. The lowest BCUT2D eigenvalue weighted by atomic mass is 10.0. The van der Waals surface area contributed by atoms with Gasteiger partial charge in [-0.25, -0.2) is 0 Å². The van der Waals surface area contributed by atoms with E-state index in [0.717, 1.165) is 18.6 Å². The molecule has 1 aromatic rings. The standard InChI is InChI=1S/C13H15ClO4/c14-10-4-3-5-11(8-10)17-7-2-1-6-13(9-18-13)12(15)16/h3-5,8H,1-2,6-7,9H2,(H,15,16)/p-1. The third-order valence-electron chi connectivity index (χ3n) is 2.90. The van der Waals surface area contributed by atoms with Gasteiger partial charge in [-0.05, 0) is 37.5 Å². The third-order valence-corrected chi connectivity index (χ3v) is 3.14. The van der Waals surface area contributed by atoms with Crippen LogP contribution < -0.4 is 9.84 Å². The van der Waals surface area contributed by atoms with E-state index < -0.39 is 11.6 Å². The fourth-order valence-corrected chi connectivity index (χ4v) is 1.89. The van der Waals surface area contributed by atoms with Crippen LogP contribution in [-0.4, -0.2) is 24.8 Å². The van der Waals surface area contributed by atoms with Crippen LogP contribution in [0.25, 0.3) is 0 Å². The average molecular weight is 270 g/mol. The van der Waals surface area contributed by atoms with Crippen LogP contribution in [-0.2, 0) is 9.53 Å². The number of hydrogen-bond acceptors (Lipinski definition) is 4. The second-order valence-electron chi connectivity index (χ2n) is 4.33. The molecule has 4 nitrogen and oxygen atoms in total. The molecule has 1 atom stereocenters. The summed E-state index contributed by atoms with van der Waals surface area (Å²) in [5.41, 5.74) is -1.02. The van der Waals surface area contributed by atoms with Gasteiger partial charge in [-0.15, -0.1) is 0 Å². The van der Waals surface area contributed by atoms with Gasteiger partial charge in [0.2, 0.25) is 0 Å². The number of carboxylic acid groups (broad SMARTS) is 1. The quantitative estimate of drug-likeness (QED) is 0.555. The molecule has 0 amide bonds. The number of ether oxygens (including phenoxy) is 2. The summed E-state index contributed by atoms with van der Waals surface area (Å²) in [5.74, 6) is -0.391. The van der Waals surface area contributed by atoms with Crippen molar-refractivity contribution in [3.63, 3.8) is 0 Å². The molecule has 0 aromatic heterocycles. The summed E-state index contributed by atoms with van der Waals surface area (Å²) >= 11 is 5.82. The monoisotopic (exact) mass is 269 g/mol. The Balaban J connectivity index is 1.63. The molecule has 1 aromatic carbocycles. The normalized spacial score (nSPS) is 21.6. The molecule has 2 rings (SSSR count). The van der Waals surface area contributed by atoms with E-state index in [2.05, 4.69) is 0 Å². The van der Waals surface area contributed by atoms with Gasteiger partial charge in [0.1, 0.15) is 11.4 Å². The number of unbranched alkanes of at least 4 members (excludes halogenated alkanes) is 1. The van der Waals surface area contributed by atoms with Crippen molar-refractivity contribution >= 4 is 17.6 Å². The molecule has 0 aliphatic carbocycles. The van der Waals surface area contributed by atoms with E-state index >= 15 is 0 Å². The van der Waals surface area contributed by atoms with Crippen LogP contribution in [0.2, 0.25) is 5.02 Å². The van der Waals surface area contributed by atoms with Crippen molar-refractivity contribution in [2.75, 3.05) is 13.2 Å². The first-order valence-electron chi connectivity index (χ1n) is 5.86. The van der Waals surface area contributed by atoms with E-state index in [1.165, 1.54) is 0 Å². The van der Waals surface area contributed by atoms with Gasteiger partial charge in [0.05, 0.1) is 19.2 Å². The maximum absolute atomic E-state index is 10.7. The number of hydrogen-bond donors (Lipinski definition) is 0. The number of epoxide rings is 1. The smallest absolute Gasteiger partial charge is 0.131 e. The maximum Gasteiger partial charge on any atom is 0.131 e. The minimum absolute atomic E-state index is 0.268. The third kappa shape index (κ3) is 3.37. The fourth-order valence-electron chi connectivity index (χ4n) is 1.71. The van der Waals surface area contributed by atoms with Crippen molar-refractivity contribution < 1.29 is 19.4 Å². The van der Waals surface area contributed by atoms with Crippen LogP contribution in [0.5, 0.6) is 5.75 Å². The first-order valence-corrected chi connectivity index (χ1v) is 6.24. The minimum Gasteiger partial charge on any atom is -0.547 e. The van der Waals surface area contributed by atoms with Gasteiger partial charge in [0.25, 0.3) is 0 Å². The summed E-state index contributed by atoms with van der Waals surface area (Å²) in [6, 6.07) is 7.18. The highest BCUT2D eigenvalue weighted by Crippen LogP contribution is 2.32. The summed E-state index contributed by atoms with van der Waals surface area (Å²) in [6.45, 7) is 0.800. The van der Waals surface area contributed by atoms with Crippen LogP contribution in [0.4, 0.5) is 0 Å². The summed E-state index contributed by atoms with van der Waals surface area (Å²) in [7, 11) is 0. The van der Waals surface area contributed by atoms with Crippen molar-refractivity contribution in [1.82, 2.24) is 0 Å². The van der Waals surface area contributed by atoms with E-state index in [1.807, 2.05) is 12.1 Å². The van der Waals surface area contributed by atoms with Gasteiger partial charge in [-0.1, -0.05) is 17.7 Å². The molecule has 1 aliphatic heterocycles. The number of rotatable bonds is 7. The molecule has 0 bridgehead atoms. The molecule has 1 saturated heterocycles. The Bertz CT molecular complexity index is 429. The Morgan fingerprint density at radius 1 is 1.50 bits per heavy atom. The van der Waals surface area contributed by atoms with E-state index in [0.29, 0.717) is 18.1 Å². The van der Waals surface area contributed by atoms with Crippen LogP contribution in [0, 0.1) is 0 Å². The summed E-state index contributed by atoms with van der Waals surface area (Å²) in [5, 5.41) is 11.4. The largest absolute Gasteiger partial charge is 0.547 e. The van der Waals surface area contributed by atoms with Crippen LogP contribution in [0.3, 0.4) is 0 Å². The Morgan fingerprint density at radius 3 is 2.89 bits per heavy atom. The second kappa shape index (κ2) is 5.59. The Hall–Kier alpha value is -1.26. The topological polar surface area (TPSA) is 61.9 Å². The maximum atomic E-state index is 10.7. The number of halogens is 1. The van der Waals surface area contributed by atoms with Crippen molar-refractivity contribution in [1.29, 1.82) is 0 Å². The fraction of sp³-hybridized carbons (Fsp3) is 0.462. The van der Waals surface area contributed by atoms with Crippen molar-refractivity contribution in [2.24, 2.45) is 0 Å². The molecule has 5 heteroatoms. The number of benzene rings is 1. The molecule has 0 N–H and O–H groups in total. The van der Waals surface area contributed by atoms with Crippen LogP contribution >= 0.6 is 11.6 Å². The summed E-state index contributed by atoms with van der Waals surface area (Å²) in [6.07, 6.45) is 1.98. The summed E-state index contributed by atoms with van der Waals surface area (Å²) in [4.78, 5) is 10.7. The van der Waals surface area contributed by atoms with Gasteiger partial charge in [0, 0.05) is 5.02 Å². The Kier molecular flexibility index (Phi) is 4.09. The number of carbonyl (C=O) groups excluding carboxylic acids is 1. The van der Waals surface area contributed by atoms with Gasteiger partial charge in [-0.3, -0.25) is 0 Å². The van der Waals surface area contributed by atoms with Gasteiger partial charge >= 0.3 is 0 Å². The van der Waals surface area contributed by atoms with E-state index in [1.54, 1.807) is 12.1 Å². The average Bonchev–Trinajstić information content (AvgIpc) is 3.10. The molecule has 1 unspecified atom stereocenters. The summed E-state index contributed by atoms with van der Waals surface area (Å²) < 4.78 is 10.4. The lowest BCUT2D eigenvalue weighted by Gasteiger charge is -2.12. The van der Waals surface area contributed by atoms with Crippen molar-refractivity contribution in [3.05, 3.63) is 29.3 Å². The van der Waals surface area contributed by atoms with Gasteiger partial charge < -0.3 is 19.4 Å². The number of carbonyl (C=O) groups is 1. The molecule has 0 saturated carbocycles. The highest BCUT2D eigenvalue weighted by atomic mass is 35.5. The Morgan fingerprint density at radius 2 is 2.28 bits per heavy atom. The SMILES string of the molecule is O=C([O-])C1(CCCCOc2cccc(Cl)c2)CO1. The molecule has 1 aliphatic rings. The Labute approximate surface area is 110 Å². The van der Waals surface area contributed by atoms with Crippen LogP contribution in [0.1, 0.15) is 19.3 Å². The molecular formula is C13H14ClO4-. The first kappa shape index (κ1) is 13.2. The molecule has 18 heavy (non-hydrogen) atoms. The van der Waals surface area contributed by atoms with E-state index in [4.69, 9.17) is 21.1 Å². The predicted molar refractivity (Wildman–Crippen MR) is 64.5 cm³/mol. The molecular weight excluding hydrogens is 256 g/mol. The zero-order chi connectivity index (χ0) is 13.0. The van der Waals surface area contributed by atoms with Gasteiger partial charge in [0.15, 0.2) is 0 Å². The predicted octanol–water partition coefficient (Wildman–Crippen LogP) is 1.41. The lowest BCUT2D eigenvalue weighted by Crippen LogP contribution is -2.38. The molecule has 0 spiro atoms. The highest BCUT2D eigenvalue weighted by molar-refractivity contribution is 6.30. The second-order valence-corrected chi connectivity index (χ2v) is 4.77. The molecule has 98 valence electrons. The van der Waals surface area contributed by atoms with Crippen LogP contribution in [0.15, 0.2) is 24.3 Å². The number of carboxylic acids is 1. The van der Waals surface area contributed by atoms with E-state index in [-0.39, 0.29) is 6.61 Å². The van der Waals surface area contributed by atoms with Crippen molar-refractivity contribution in [2.45, 2.75) is 24.9 Å². The van der Waals surface area contributed by atoms with E-state index in [9.17, 15) is 9.90 Å². The highest BCUT2D eigenvalue weighted by Gasteiger charge is 2.45.